The van der Waals surface area contributed by atoms with E-state index in [0.29, 0.717) is 11.4 Å². The molecule has 0 saturated carbocycles. The van der Waals surface area contributed by atoms with Crippen LogP contribution < -0.4 is 0 Å². The smallest absolute Gasteiger partial charge is 0.0839 e. The lowest BCUT2D eigenvalue weighted by atomic mass is 10.0. The summed E-state index contributed by atoms with van der Waals surface area (Å²) < 4.78 is 1.97. The summed E-state index contributed by atoms with van der Waals surface area (Å²) >= 11 is 14.4. The SMILES string of the molecule is OC(Cc1ccc(Br)cc1Cl)c1csc(Br)c1. The van der Waals surface area contributed by atoms with Crippen molar-refractivity contribution in [1.82, 2.24) is 0 Å². The lowest BCUT2D eigenvalue weighted by Crippen LogP contribution is -2.00. The third kappa shape index (κ3) is 3.55. The molecule has 0 spiro atoms. The van der Waals surface area contributed by atoms with Gasteiger partial charge in [-0.25, -0.2) is 0 Å². The predicted octanol–water partition coefficient (Wildman–Crippen LogP) is 5.20. The van der Waals surface area contributed by atoms with Gasteiger partial charge in [0.25, 0.3) is 0 Å². The van der Waals surface area contributed by atoms with Gasteiger partial charge in [0.05, 0.1) is 9.89 Å². The van der Waals surface area contributed by atoms with Crippen LogP contribution in [-0.4, -0.2) is 5.11 Å². The molecule has 17 heavy (non-hydrogen) atoms. The van der Waals surface area contributed by atoms with E-state index >= 15 is 0 Å². The first-order chi connectivity index (χ1) is 8.06. The number of hydrogen-bond donors (Lipinski definition) is 1. The van der Waals surface area contributed by atoms with E-state index in [4.69, 9.17) is 11.6 Å². The first-order valence-electron chi connectivity index (χ1n) is 4.92. The fraction of sp³-hybridized carbons (Fsp3) is 0.167. The molecule has 0 aliphatic carbocycles. The quantitative estimate of drug-likeness (QED) is 0.756. The lowest BCUT2D eigenvalue weighted by Gasteiger charge is -2.10. The number of rotatable bonds is 3. The average molecular weight is 397 g/mol. The Morgan fingerprint density at radius 1 is 1.29 bits per heavy atom. The van der Waals surface area contributed by atoms with Crippen LogP contribution in [0.15, 0.2) is 37.9 Å². The highest BCUT2D eigenvalue weighted by atomic mass is 79.9. The van der Waals surface area contributed by atoms with Crippen LogP contribution in [-0.2, 0) is 6.42 Å². The summed E-state index contributed by atoms with van der Waals surface area (Å²) in [4.78, 5) is 0. The summed E-state index contributed by atoms with van der Waals surface area (Å²) in [6, 6.07) is 7.63. The molecule has 0 aliphatic rings. The molecule has 2 rings (SSSR count). The van der Waals surface area contributed by atoms with Gasteiger partial charge < -0.3 is 5.11 Å². The maximum Gasteiger partial charge on any atom is 0.0839 e. The van der Waals surface area contributed by atoms with Crippen molar-refractivity contribution in [3.8, 4) is 0 Å². The van der Waals surface area contributed by atoms with Gasteiger partial charge in [-0.1, -0.05) is 33.6 Å². The molecule has 5 heteroatoms. The standard InChI is InChI=1S/C12H9Br2ClOS/c13-9-2-1-7(10(15)5-9)3-11(16)8-4-12(14)17-6-8/h1-2,4-6,11,16H,3H2. The molecule has 0 bridgehead atoms. The molecule has 90 valence electrons. The summed E-state index contributed by atoms with van der Waals surface area (Å²) in [7, 11) is 0. The Morgan fingerprint density at radius 2 is 2.06 bits per heavy atom. The van der Waals surface area contributed by atoms with Crippen molar-refractivity contribution in [3.63, 3.8) is 0 Å². The van der Waals surface area contributed by atoms with Gasteiger partial charge in [0.2, 0.25) is 0 Å². The van der Waals surface area contributed by atoms with Gasteiger partial charge in [0.15, 0.2) is 0 Å². The zero-order valence-electron chi connectivity index (χ0n) is 8.66. The van der Waals surface area contributed by atoms with Crippen LogP contribution in [0.2, 0.25) is 5.02 Å². The Hall–Kier alpha value is 0.130. The van der Waals surface area contributed by atoms with E-state index in [1.54, 1.807) is 11.3 Å². The number of aliphatic hydroxyl groups excluding tert-OH is 1. The molecule has 2 aromatic rings. The highest BCUT2D eigenvalue weighted by Gasteiger charge is 2.12. The van der Waals surface area contributed by atoms with Gasteiger partial charge in [0.1, 0.15) is 0 Å². The van der Waals surface area contributed by atoms with E-state index in [0.717, 1.165) is 19.4 Å². The molecule has 1 N–H and O–H groups in total. The number of benzene rings is 1. The van der Waals surface area contributed by atoms with Gasteiger partial charge in [-0.05, 0) is 50.6 Å². The fourth-order valence-corrected chi connectivity index (χ4v) is 3.48. The summed E-state index contributed by atoms with van der Waals surface area (Å²) in [5, 5.41) is 12.7. The molecule has 1 unspecified atom stereocenters. The Kier molecular flexibility index (Phi) is 4.66. The van der Waals surface area contributed by atoms with Gasteiger partial charge in [-0.15, -0.1) is 11.3 Å². The molecule has 0 aliphatic heterocycles. The minimum absolute atomic E-state index is 0.517. The fourth-order valence-electron chi connectivity index (χ4n) is 1.51. The summed E-state index contributed by atoms with van der Waals surface area (Å²) in [6.45, 7) is 0. The third-order valence-corrected chi connectivity index (χ3v) is 4.77. The Labute approximate surface area is 126 Å². The number of halogens is 3. The van der Waals surface area contributed by atoms with E-state index in [1.165, 1.54) is 0 Å². The second kappa shape index (κ2) is 5.85. The Balaban J connectivity index is 2.15. The van der Waals surface area contributed by atoms with Crippen LogP contribution in [0.3, 0.4) is 0 Å². The Morgan fingerprint density at radius 3 is 2.65 bits per heavy atom. The summed E-state index contributed by atoms with van der Waals surface area (Å²) in [5.41, 5.74) is 1.87. The average Bonchev–Trinajstić information content (AvgIpc) is 2.69. The number of hydrogen-bond acceptors (Lipinski definition) is 2. The molecule has 1 aromatic carbocycles. The molecule has 1 nitrogen and oxygen atoms in total. The van der Waals surface area contributed by atoms with Crippen molar-refractivity contribution in [2.75, 3.05) is 0 Å². The van der Waals surface area contributed by atoms with Gasteiger partial charge >= 0.3 is 0 Å². The Bertz CT molecular complexity index is 527. The first kappa shape index (κ1) is 13.6. The van der Waals surface area contributed by atoms with Crippen LogP contribution in [0.25, 0.3) is 0 Å². The maximum absolute atomic E-state index is 10.1. The number of aliphatic hydroxyl groups is 1. The van der Waals surface area contributed by atoms with Crippen molar-refractivity contribution >= 4 is 54.8 Å². The van der Waals surface area contributed by atoms with Crippen LogP contribution in [0.1, 0.15) is 17.2 Å². The van der Waals surface area contributed by atoms with Crippen molar-refractivity contribution in [2.45, 2.75) is 12.5 Å². The molecule has 0 amide bonds. The maximum atomic E-state index is 10.1. The van der Waals surface area contributed by atoms with E-state index in [2.05, 4.69) is 31.9 Å². The van der Waals surface area contributed by atoms with Crippen LogP contribution in [0.5, 0.6) is 0 Å². The molecule has 0 radical (unpaired) electrons. The second-order valence-electron chi connectivity index (χ2n) is 3.64. The molecule has 0 fully saturated rings. The minimum atomic E-state index is -0.517. The monoisotopic (exact) mass is 394 g/mol. The van der Waals surface area contributed by atoms with E-state index in [1.807, 2.05) is 29.6 Å². The predicted molar refractivity (Wildman–Crippen MR) is 79.8 cm³/mol. The van der Waals surface area contributed by atoms with Crippen LogP contribution in [0.4, 0.5) is 0 Å². The molecule has 1 atom stereocenters. The first-order valence-corrected chi connectivity index (χ1v) is 7.76. The van der Waals surface area contributed by atoms with Crippen molar-refractivity contribution in [1.29, 1.82) is 0 Å². The third-order valence-electron chi connectivity index (χ3n) is 2.40. The van der Waals surface area contributed by atoms with Crippen LogP contribution >= 0.6 is 54.8 Å². The van der Waals surface area contributed by atoms with Gasteiger partial charge in [-0.2, -0.15) is 0 Å². The summed E-state index contributed by atoms with van der Waals surface area (Å²) in [6.07, 6.45) is 0.00572. The van der Waals surface area contributed by atoms with E-state index in [9.17, 15) is 5.11 Å². The van der Waals surface area contributed by atoms with Crippen molar-refractivity contribution < 1.29 is 5.11 Å². The van der Waals surface area contributed by atoms with Gasteiger partial charge in [-0.3, -0.25) is 0 Å². The summed E-state index contributed by atoms with van der Waals surface area (Å²) in [5.74, 6) is 0. The van der Waals surface area contributed by atoms with E-state index in [-0.39, 0.29) is 0 Å². The van der Waals surface area contributed by atoms with Gasteiger partial charge in [0, 0.05) is 15.9 Å². The number of thiophene rings is 1. The molecular weight excluding hydrogens is 387 g/mol. The topological polar surface area (TPSA) is 20.2 Å². The molecule has 1 aromatic heterocycles. The highest BCUT2D eigenvalue weighted by Crippen LogP contribution is 2.30. The van der Waals surface area contributed by atoms with E-state index < -0.39 is 6.10 Å². The largest absolute Gasteiger partial charge is 0.388 e. The lowest BCUT2D eigenvalue weighted by molar-refractivity contribution is 0.179. The molecule has 0 saturated heterocycles. The molecule has 1 heterocycles. The normalized spacial score (nSPS) is 12.7. The van der Waals surface area contributed by atoms with Crippen molar-refractivity contribution in [2.24, 2.45) is 0 Å². The zero-order valence-corrected chi connectivity index (χ0v) is 13.4. The second-order valence-corrected chi connectivity index (χ2v) is 7.25. The highest BCUT2D eigenvalue weighted by molar-refractivity contribution is 9.11. The molecular formula is C12H9Br2ClOS. The zero-order chi connectivity index (χ0) is 12.4. The van der Waals surface area contributed by atoms with Crippen molar-refractivity contribution in [3.05, 3.63) is 54.1 Å². The van der Waals surface area contributed by atoms with Crippen LogP contribution in [0, 0.1) is 0 Å². The minimum Gasteiger partial charge on any atom is -0.388 e.